The Balaban J connectivity index is 2.41. The molecule has 0 amide bonds. The molecule has 0 bridgehead atoms. The van der Waals surface area contributed by atoms with E-state index in [2.05, 4.69) is 4.99 Å². The largest absolute Gasteiger partial charge is 0.497 e. The molecule has 0 radical (unpaired) electrons. The fraction of sp³-hybridized carbons (Fsp3) is 0.200. The highest BCUT2D eigenvalue weighted by atomic mass is 19.4. The van der Waals surface area contributed by atoms with E-state index in [9.17, 15) is 18.0 Å². The van der Waals surface area contributed by atoms with Gasteiger partial charge in [0.15, 0.2) is 0 Å². The molecule has 5 nitrogen and oxygen atoms in total. The summed E-state index contributed by atoms with van der Waals surface area (Å²) in [6, 6.07) is 13.9. The van der Waals surface area contributed by atoms with E-state index in [4.69, 9.17) is 14.2 Å². The number of halogens is 3. The fourth-order valence-corrected chi connectivity index (χ4v) is 2.06. The minimum Gasteiger partial charge on any atom is -0.497 e. The Morgan fingerprint density at radius 1 is 1.07 bits per heavy atom. The Labute approximate surface area is 160 Å². The zero-order valence-electron chi connectivity index (χ0n) is 15.2. The molecule has 2 rings (SSSR count). The van der Waals surface area contributed by atoms with Gasteiger partial charge in [0.05, 0.1) is 19.4 Å². The number of hydrogen-bond acceptors (Lipinski definition) is 5. The lowest BCUT2D eigenvalue weighted by molar-refractivity contribution is -0.141. The smallest absolute Gasteiger partial charge is 0.468 e. The normalized spacial score (nSPS) is 12.5. The van der Waals surface area contributed by atoms with Crippen LogP contribution < -0.4 is 4.74 Å². The second-order valence-corrected chi connectivity index (χ2v) is 5.35. The van der Waals surface area contributed by atoms with Gasteiger partial charge in [-0.2, -0.15) is 13.2 Å². The summed E-state index contributed by atoms with van der Waals surface area (Å²) in [5.41, 5.74) is 0.451. The van der Waals surface area contributed by atoms with Crippen LogP contribution in [0.3, 0.4) is 0 Å². The number of aliphatic imine (C=N–C) groups is 1. The maximum Gasteiger partial charge on any atom is 0.468 e. The zero-order chi connectivity index (χ0) is 20.6. The Morgan fingerprint density at radius 2 is 1.71 bits per heavy atom. The predicted octanol–water partition coefficient (Wildman–Crippen LogP) is 4.91. The predicted molar refractivity (Wildman–Crippen MR) is 98.3 cm³/mol. The third kappa shape index (κ3) is 6.15. The first-order valence-corrected chi connectivity index (χ1v) is 8.25. The van der Waals surface area contributed by atoms with Gasteiger partial charge in [0.2, 0.25) is 5.76 Å². The number of esters is 1. The molecule has 0 aliphatic carbocycles. The second-order valence-electron chi connectivity index (χ2n) is 5.35. The van der Waals surface area contributed by atoms with Crippen LogP contribution in [0.15, 0.2) is 65.3 Å². The number of hydrogen-bond donors (Lipinski definition) is 0. The Morgan fingerprint density at radius 3 is 2.25 bits per heavy atom. The topological polar surface area (TPSA) is 57.1 Å². The molecule has 2 aromatic carbocycles. The van der Waals surface area contributed by atoms with E-state index in [1.54, 1.807) is 30.3 Å². The number of alkyl halides is 3. The molecule has 8 heteroatoms. The number of carbonyl (C=O) groups excluding carboxylic acids is 1. The van der Waals surface area contributed by atoms with Gasteiger partial charge in [-0.1, -0.05) is 30.3 Å². The standard InChI is InChI=1S/C20H18F3NO4/c1-3-27-18(25)17(13-14-7-5-4-6-8-14)28-19(20(21,22)23)24-15-9-11-16(26-2)12-10-15/h4-13H,3H2,1-2H3/b17-13-,24-19?. The summed E-state index contributed by atoms with van der Waals surface area (Å²) < 4.78 is 55.0. The lowest BCUT2D eigenvalue weighted by atomic mass is 10.2. The molecule has 0 saturated carbocycles. The van der Waals surface area contributed by atoms with Crippen molar-refractivity contribution in [3.8, 4) is 5.75 Å². The highest BCUT2D eigenvalue weighted by Crippen LogP contribution is 2.26. The van der Waals surface area contributed by atoms with Gasteiger partial charge >= 0.3 is 18.0 Å². The molecule has 0 aliphatic rings. The van der Waals surface area contributed by atoms with E-state index < -0.39 is 23.8 Å². The van der Waals surface area contributed by atoms with Crippen LogP contribution >= 0.6 is 0 Å². The second kappa shape index (κ2) is 9.59. The first-order chi connectivity index (χ1) is 13.3. The molecule has 0 spiro atoms. The van der Waals surface area contributed by atoms with E-state index in [-0.39, 0.29) is 12.3 Å². The van der Waals surface area contributed by atoms with Crippen molar-refractivity contribution in [1.82, 2.24) is 0 Å². The van der Waals surface area contributed by atoms with Crippen LogP contribution in [-0.4, -0.2) is 31.8 Å². The van der Waals surface area contributed by atoms with Gasteiger partial charge in [0.1, 0.15) is 5.75 Å². The maximum atomic E-state index is 13.4. The van der Waals surface area contributed by atoms with Crippen molar-refractivity contribution in [2.75, 3.05) is 13.7 Å². The van der Waals surface area contributed by atoms with Gasteiger partial charge in [0.25, 0.3) is 0 Å². The van der Waals surface area contributed by atoms with Gasteiger partial charge in [-0.25, -0.2) is 9.79 Å². The quantitative estimate of drug-likeness (QED) is 0.230. The Kier molecular flexibility index (Phi) is 7.20. The lowest BCUT2D eigenvalue weighted by Gasteiger charge is -2.14. The molecule has 2 aromatic rings. The summed E-state index contributed by atoms with van der Waals surface area (Å²) in [4.78, 5) is 15.6. The van der Waals surface area contributed by atoms with Crippen molar-refractivity contribution in [1.29, 1.82) is 0 Å². The highest BCUT2D eigenvalue weighted by molar-refractivity contribution is 5.96. The Hall–Kier alpha value is -3.29. The highest BCUT2D eigenvalue weighted by Gasteiger charge is 2.40. The molecular formula is C20H18F3NO4. The number of nitrogens with zero attached hydrogens (tertiary/aromatic N) is 1. The van der Waals surface area contributed by atoms with Crippen LogP contribution in [0.25, 0.3) is 6.08 Å². The number of methoxy groups -OCH3 is 1. The molecular weight excluding hydrogens is 375 g/mol. The van der Waals surface area contributed by atoms with Crippen molar-refractivity contribution in [3.63, 3.8) is 0 Å². The molecule has 28 heavy (non-hydrogen) atoms. The number of benzene rings is 2. The summed E-state index contributed by atoms with van der Waals surface area (Å²) in [5, 5.41) is 0. The summed E-state index contributed by atoms with van der Waals surface area (Å²) in [7, 11) is 1.43. The van der Waals surface area contributed by atoms with Crippen LogP contribution in [0, 0.1) is 0 Å². The molecule has 148 valence electrons. The van der Waals surface area contributed by atoms with Crippen molar-refractivity contribution >= 4 is 23.6 Å². The van der Waals surface area contributed by atoms with E-state index in [1.807, 2.05) is 0 Å². The summed E-state index contributed by atoms with van der Waals surface area (Å²) in [6.07, 6.45) is -3.77. The van der Waals surface area contributed by atoms with Crippen molar-refractivity contribution in [3.05, 3.63) is 65.9 Å². The third-order valence-electron chi connectivity index (χ3n) is 3.33. The molecule has 0 saturated heterocycles. The lowest BCUT2D eigenvalue weighted by Crippen LogP contribution is -2.27. The molecule has 0 aromatic heterocycles. The van der Waals surface area contributed by atoms with Crippen molar-refractivity contribution in [2.24, 2.45) is 4.99 Å². The number of carbonyl (C=O) groups is 1. The van der Waals surface area contributed by atoms with E-state index >= 15 is 0 Å². The first kappa shape index (κ1) is 21.0. The van der Waals surface area contributed by atoms with Gasteiger partial charge in [-0.3, -0.25) is 0 Å². The zero-order valence-corrected chi connectivity index (χ0v) is 15.2. The van der Waals surface area contributed by atoms with Gasteiger partial charge in [-0.05, 0) is 42.8 Å². The monoisotopic (exact) mass is 393 g/mol. The van der Waals surface area contributed by atoms with Crippen LogP contribution in [0.4, 0.5) is 18.9 Å². The van der Waals surface area contributed by atoms with Crippen LogP contribution in [-0.2, 0) is 14.3 Å². The molecule has 0 aliphatic heterocycles. The van der Waals surface area contributed by atoms with E-state index in [0.29, 0.717) is 11.3 Å². The van der Waals surface area contributed by atoms with E-state index in [1.165, 1.54) is 38.3 Å². The number of rotatable bonds is 6. The molecule has 0 atom stereocenters. The molecule has 0 heterocycles. The van der Waals surface area contributed by atoms with Crippen LogP contribution in [0.1, 0.15) is 12.5 Å². The summed E-state index contributed by atoms with van der Waals surface area (Å²) in [6.45, 7) is 1.51. The molecule has 0 fully saturated rings. The van der Waals surface area contributed by atoms with Gasteiger partial charge < -0.3 is 14.2 Å². The first-order valence-electron chi connectivity index (χ1n) is 8.25. The minimum atomic E-state index is -4.93. The van der Waals surface area contributed by atoms with Crippen LogP contribution in [0.2, 0.25) is 0 Å². The average Bonchev–Trinajstić information content (AvgIpc) is 2.67. The maximum absolute atomic E-state index is 13.4. The Bertz CT molecular complexity index is 844. The summed E-state index contributed by atoms with van der Waals surface area (Å²) in [5.74, 6) is -2.78. The van der Waals surface area contributed by atoms with Gasteiger partial charge in [-0.15, -0.1) is 0 Å². The molecule has 0 unspecified atom stereocenters. The third-order valence-corrected chi connectivity index (χ3v) is 3.33. The summed E-state index contributed by atoms with van der Waals surface area (Å²) >= 11 is 0. The van der Waals surface area contributed by atoms with E-state index in [0.717, 1.165) is 6.08 Å². The van der Waals surface area contributed by atoms with Crippen LogP contribution in [0.5, 0.6) is 5.75 Å². The number of ether oxygens (including phenoxy) is 3. The average molecular weight is 393 g/mol. The fourth-order valence-electron chi connectivity index (χ4n) is 2.06. The molecule has 0 N–H and O–H groups in total. The minimum absolute atomic E-state index is 0.0176. The van der Waals surface area contributed by atoms with Gasteiger partial charge in [0, 0.05) is 0 Å². The van der Waals surface area contributed by atoms with Crippen molar-refractivity contribution in [2.45, 2.75) is 13.1 Å². The van der Waals surface area contributed by atoms with Crippen molar-refractivity contribution < 1.29 is 32.2 Å². The SMILES string of the molecule is CCOC(=O)/C(=C/c1ccccc1)OC(=Nc1ccc(OC)cc1)C(F)(F)F.